The molecule has 2 aromatic carbocycles. The number of nitrogens with one attached hydrogen (secondary N) is 5. The summed E-state index contributed by atoms with van der Waals surface area (Å²) in [5.74, 6) is -0.907. The van der Waals surface area contributed by atoms with Gasteiger partial charge >= 0.3 is 5.97 Å². The molecule has 300 valence electrons. The van der Waals surface area contributed by atoms with Gasteiger partial charge in [-0.2, -0.15) is 0 Å². The molecular weight excluding hydrogens is 725 g/mol. The molecule has 0 radical (unpaired) electrons. The monoisotopic (exact) mass is 776 g/mol. The van der Waals surface area contributed by atoms with Crippen LogP contribution in [0.4, 0.5) is 11.4 Å². The van der Waals surface area contributed by atoms with Crippen molar-refractivity contribution in [1.82, 2.24) is 39.4 Å². The molecule has 4 aromatic heterocycles. The first kappa shape index (κ1) is 40.4. The van der Waals surface area contributed by atoms with Gasteiger partial charge in [0.15, 0.2) is 11.3 Å². The number of amides is 1. The van der Waals surface area contributed by atoms with E-state index < -0.39 is 5.97 Å². The van der Waals surface area contributed by atoms with Gasteiger partial charge in [0.25, 0.3) is 17.0 Å². The third-order valence-electron chi connectivity index (χ3n) is 10.9. The highest BCUT2D eigenvalue weighted by Crippen LogP contribution is 2.33. The molecule has 6 heterocycles. The highest BCUT2D eigenvalue weighted by atomic mass is 16.4. The molecule has 2 saturated heterocycles. The number of anilines is 2. The molecule has 0 bridgehead atoms. The standard InChI is InChI=1S/C21H25N5O2.C13H18N4O.C8H9NO2/c1-13-14(2)23-19-12-17(24-26(19)20(13)27)18-10-6-7-11-25(18)21(28)15-8-4-5-9-16(15)22-3;1-8-9(2)15-12-7-11(16-17(12)13(8)18)10-5-3-4-6-14-10;1-9-7-5-3-2-4-6(7)8(10)11/h4-5,8-9,12,18,22,24H,6-7,10-11H2,1-3H3;7,10,14,16H,3-6H2,1-2H3;2-5,9H,1H3,(H,10,11)/t18-;10-;/m00./s1. The summed E-state index contributed by atoms with van der Waals surface area (Å²) < 4.78 is 3.03. The Morgan fingerprint density at radius 2 is 1.25 bits per heavy atom. The van der Waals surface area contributed by atoms with Crippen LogP contribution in [-0.2, 0) is 0 Å². The van der Waals surface area contributed by atoms with E-state index >= 15 is 0 Å². The van der Waals surface area contributed by atoms with Crippen LogP contribution in [0.5, 0.6) is 0 Å². The van der Waals surface area contributed by atoms with Gasteiger partial charge in [0.2, 0.25) is 0 Å². The van der Waals surface area contributed by atoms with Gasteiger partial charge in [0, 0.05) is 72.7 Å². The maximum atomic E-state index is 13.3. The lowest BCUT2D eigenvalue weighted by Crippen LogP contribution is -2.39. The number of aromatic nitrogens is 6. The van der Waals surface area contributed by atoms with Gasteiger partial charge in [-0.3, -0.25) is 24.6 Å². The summed E-state index contributed by atoms with van der Waals surface area (Å²) in [6, 6.07) is 18.4. The van der Waals surface area contributed by atoms with Gasteiger partial charge in [-0.25, -0.2) is 23.8 Å². The normalized spacial score (nSPS) is 16.6. The molecule has 6 aromatic rings. The lowest BCUT2D eigenvalue weighted by Gasteiger charge is -2.35. The quantitative estimate of drug-likeness (QED) is 0.118. The molecule has 2 aliphatic heterocycles. The van der Waals surface area contributed by atoms with Crippen LogP contribution in [0.1, 0.15) is 105 Å². The molecule has 57 heavy (non-hydrogen) atoms. The number of benzene rings is 2. The maximum Gasteiger partial charge on any atom is 0.337 e. The number of piperidine rings is 2. The molecule has 0 aliphatic carbocycles. The van der Waals surface area contributed by atoms with Crippen LogP contribution < -0.4 is 27.1 Å². The number of hydrogen-bond donors (Lipinski definition) is 6. The van der Waals surface area contributed by atoms with E-state index in [-0.39, 0.29) is 23.1 Å². The molecule has 1 amide bonds. The van der Waals surface area contributed by atoms with E-state index in [9.17, 15) is 19.2 Å². The van der Waals surface area contributed by atoms with Crippen molar-refractivity contribution in [3.8, 4) is 0 Å². The molecule has 0 unspecified atom stereocenters. The summed E-state index contributed by atoms with van der Waals surface area (Å²) in [6.07, 6.45) is 6.44. The molecule has 0 saturated carbocycles. The SMILES string of the molecule is CNc1ccccc1C(=O)N1CCCC[C@H]1c1cc2nc(C)c(C)c(=O)n2[nH]1.CNc1ccccc1C(=O)O.Cc1nc2cc([C@@H]3CCCCN3)[nH]n2c(=O)c1C. The fourth-order valence-corrected chi connectivity index (χ4v) is 7.37. The van der Waals surface area contributed by atoms with Gasteiger partial charge in [0.05, 0.1) is 28.6 Å². The molecule has 8 rings (SSSR count). The summed E-state index contributed by atoms with van der Waals surface area (Å²) in [5.41, 5.74) is 8.42. The van der Waals surface area contributed by atoms with Crippen molar-refractivity contribution in [2.75, 3.05) is 37.8 Å². The van der Waals surface area contributed by atoms with Crippen molar-refractivity contribution in [3.63, 3.8) is 0 Å². The van der Waals surface area contributed by atoms with Crippen molar-refractivity contribution < 1.29 is 14.7 Å². The van der Waals surface area contributed by atoms with Crippen LogP contribution in [0.2, 0.25) is 0 Å². The number of H-pyrrole nitrogens is 2. The number of carboxylic acid groups (broad SMARTS) is 1. The maximum absolute atomic E-state index is 13.3. The highest BCUT2D eigenvalue weighted by molar-refractivity contribution is 6.00. The van der Waals surface area contributed by atoms with Gasteiger partial charge in [-0.1, -0.05) is 30.7 Å². The van der Waals surface area contributed by atoms with Crippen LogP contribution in [0.25, 0.3) is 11.3 Å². The Balaban J connectivity index is 0.000000161. The first-order valence-corrected chi connectivity index (χ1v) is 19.4. The minimum Gasteiger partial charge on any atom is -0.478 e. The van der Waals surface area contributed by atoms with Crippen LogP contribution in [0, 0.1) is 27.7 Å². The number of para-hydroxylation sites is 2. The first-order chi connectivity index (χ1) is 27.4. The molecule has 15 heteroatoms. The summed E-state index contributed by atoms with van der Waals surface area (Å²) in [4.78, 5) is 59.5. The third kappa shape index (κ3) is 8.63. The van der Waals surface area contributed by atoms with E-state index in [0.29, 0.717) is 51.8 Å². The smallest absolute Gasteiger partial charge is 0.337 e. The molecule has 0 spiro atoms. The van der Waals surface area contributed by atoms with Crippen molar-refractivity contribution >= 4 is 34.5 Å². The first-order valence-electron chi connectivity index (χ1n) is 19.4. The van der Waals surface area contributed by atoms with Gasteiger partial charge in [-0.15, -0.1) is 0 Å². The molecule has 2 aliphatic rings. The predicted molar refractivity (Wildman–Crippen MR) is 222 cm³/mol. The number of aryl methyl sites for hydroxylation is 2. The summed E-state index contributed by atoms with van der Waals surface area (Å²) in [7, 11) is 3.52. The Labute approximate surface area is 330 Å². The zero-order valence-electron chi connectivity index (χ0n) is 33.4. The number of hydrogen-bond acceptors (Lipinski definition) is 9. The Morgan fingerprint density at radius 3 is 1.79 bits per heavy atom. The zero-order chi connectivity index (χ0) is 40.8. The third-order valence-corrected chi connectivity index (χ3v) is 10.9. The Bertz CT molecular complexity index is 2510. The van der Waals surface area contributed by atoms with Crippen molar-refractivity contribution in [2.45, 2.75) is 78.3 Å². The molecule has 6 N–H and O–H groups in total. The van der Waals surface area contributed by atoms with Crippen LogP contribution >= 0.6 is 0 Å². The lowest BCUT2D eigenvalue weighted by molar-refractivity contribution is 0.0606. The van der Waals surface area contributed by atoms with Crippen LogP contribution in [0.15, 0.2) is 70.3 Å². The van der Waals surface area contributed by atoms with Crippen LogP contribution in [0.3, 0.4) is 0 Å². The number of nitrogens with zero attached hydrogens (tertiary/aromatic N) is 5. The fourth-order valence-electron chi connectivity index (χ4n) is 7.37. The van der Waals surface area contributed by atoms with Gasteiger partial charge in [0.1, 0.15) is 0 Å². The minimum absolute atomic E-state index is 0.000408. The second kappa shape index (κ2) is 17.7. The summed E-state index contributed by atoms with van der Waals surface area (Å²) in [6.45, 7) is 9.05. The van der Waals surface area contributed by atoms with E-state index in [4.69, 9.17) is 5.11 Å². The Morgan fingerprint density at radius 1 is 0.719 bits per heavy atom. The summed E-state index contributed by atoms with van der Waals surface area (Å²) in [5, 5.41) is 24.4. The van der Waals surface area contributed by atoms with E-state index in [1.807, 2.05) is 69.1 Å². The van der Waals surface area contributed by atoms with Crippen LogP contribution in [-0.4, -0.2) is 78.3 Å². The number of aromatic amines is 2. The topological polar surface area (TPSA) is 194 Å². The Kier molecular flexibility index (Phi) is 12.6. The number of rotatable bonds is 6. The fraction of sp³-hybridized carbons (Fsp3) is 0.381. The van der Waals surface area contributed by atoms with Gasteiger partial charge < -0.3 is 26.0 Å². The largest absolute Gasteiger partial charge is 0.478 e. The van der Waals surface area contributed by atoms with E-state index in [1.165, 1.54) is 17.4 Å². The van der Waals surface area contributed by atoms with Gasteiger partial charge in [-0.05, 0) is 90.6 Å². The predicted octanol–water partition coefficient (Wildman–Crippen LogP) is 5.93. The zero-order valence-corrected chi connectivity index (χ0v) is 33.4. The van der Waals surface area contributed by atoms with Crippen molar-refractivity contribution in [3.05, 3.63) is 126 Å². The summed E-state index contributed by atoms with van der Waals surface area (Å²) >= 11 is 0. The Hall–Kier alpha value is -6.22. The van der Waals surface area contributed by atoms with Crippen molar-refractivity contribution in [2.24, 2.45) is 0 Å². The van der Waals surface area contributed by atoms with E-state index in [0.717, 1.165) is 60.7 Å². The second-order valence-corrected chi connectivity index (χ2v) is 14.5. The van der Waals surface area contributed by atoms with Crippen molar-refractivity contribution in [1.29, 1.82) is 0 Å². The lowest BCUT2D eigenvalue weighted by atomic mass is 9.98. The molecular formula is C42H52N10O5. The average Bonchev–Trinajstić information content (AvgIpc) is 3.87. The van der Waals surface area contributed by atoms with E-state index in [1.54, 1.807) is 42.8 Å². The molecule has 2 atom stereocenters. The second-order valence-electron chi connectivity index (χ2n) is 14.5. The number of carbonyl (C=O) groups excluding carboxylic acids is 1. The molecule has 2 fully saturated rings. The number of likely N-dealkylation sites (tertiary alicyclic amines) is 1. The number of aromatic carboxylic acids is 1. The number of fused-ring (bicyclic) bond motifs is 2. The number of carbonyl (C=O) groups is 2. The average molecular weight is 777 g/mol. The van der Waals surface area contributed by atoms with E-state index in [2.05, 4.69) is 36.1 Å². The minimum atomic E-state index is -0.907. The number of carboxylic acids is 1. The highest BCUT2D eigenvalue weighted by Gasteiger charge is 2.31. The molecule has 15 nitrogen and oxygen atoms in total.